The van der Waals surface area contributed by atoms with Gasteiger partial charge in [-0.05, 0) is 44.2 Å². The molecule has 2 aromatic carbocycles. The number of hydrogen-bond donors (Lipinski definition) is 2. The fraction of sp³-hybridized carbons (Fsp3) is 0.222. The van der Waals surface area contributed by atoms with E-state index in [4.69, 9.17) is 5.73 Å². The van der Waals surface area contributed by atoms with Gasteiger partial charge in [0.1, 0.15) is 5.75 Å². The molecule has 3 N–H and O–H groups in total. The predicted octanol–water partition coefficient (Wildman–Crippen LogP) is 3.09. The minimum absolute atomic E-state index is 0.171. The van der Waals surface area contributed by atoms with Crippen LogP contribution in [0.4, 0.5) is 11.4 Å². The molecule has 0 radical (unpaired) electrons. The van der Waals surface area contributed by atoms with Crippen LogP contribution in [0, 0.1) is 0 Å². The lowest BCUT2D eigenvalue weighted by Gasteiger charge is -2.21. The summed E-state index contributed by atoms with van der Waals surface area (Å²) in [6.07, 6.45) is 1.57. The van der Waals surface area contributed by atoms with E-state index in [0.717, 1.165) is 18.8 Å². The second-order valence-electron chi connectivity index (χ2n) is 5.09. The summed E-state index contributed by atoms with van der Waals surface area (Å²) in [4.78, 5) is 17.6. The van der Waals surface area contributed by atoms with E-state index < -0.39 is 5.91 Å². The van der Waals surface area contributed by atoms with E-state index in [1.807, 2.05) is 12.1 Å². The molecule has 0 unspecified atom stereocenters. The summed E-state index contributed by atoms with van der Waals surface area (Å²) in [5.74, 6) is -0.322. The number of anilines is 1. The highest BCUT2D eigenvalue weighted by Gasteiger charge is 2.06. The van der Waals surface area contributed by atoms with E-state index in [9.17, 15) is 9.90 Å². The van der Waals surface area contributed by atoms with Gasteiger partial charge >= 0.3 is 0 Å². The quantitative estimate of drug-likeness (QED) is 0.805. The van der Waals surface area contributed by atoms with Gasteiger partial charge in [0.2, 0.25) is 5.91 Å². The Labute approximate surface area is 136 Å². The normalized spacial score (nSPS) is 10.9. The Morgan fingerprint density at radius 1 is 1.22 bits per heavy atom. The summed E-state index contributed by atoms with van der Waals surface area (Å²) in [6, 6.07) is 12.2. The number of benzene rings is 2. The molecule has 5 nitrogen and oxygen atoms in total. The lowest BCUT2D eigenvalue weighted by molar-refractivity contribution is 0.100. The standard InChI is InChI=1S/C18H21N3O2/c1-3-21(4-2)16-9-8-14(17(22)11-16)12-20-15-7-5-6-13(10-15)18(19)23/h5-12,22H,3-4H2,1-2H3,(H2,19,23). The van der Waals surface area contributed by atoms with Crippen LogP contribution >= 0.6 is 0 Å². The predicted molar refractivity (Wildman–Crippen MR) is 93.9 cm³/mol. The summed E-state index contributed by atoms with van der Waals surface area (Å²) in [6.45, 7) is 5.90. The van der Waals surface area contributed by atoms with Crippen molar-refractivity contribution in [2.24, 2.45) is 10.7 Å². The van der Waals surface area contributed by atoms with Gasteiger partial charge in [0.25, 0.3) is 0 Å². The third kappa shape index (κ3) is 4.10. The first-order chi connectivity index (χ1) is 11.0. The van der Waals surface area contributed by atoms with Crippen LogP contribution in [0.3, 0.4) is 0 Å². The Balaban J connectivity index is 2.23. The fourth-order valence-electron chi connectivity index (χ4n) is 2.31. The lowest BCUT2D eigenvalue weighted by Crippen LogP contribution is -2.21. The number of nitrogens with zero attached hydrogens (tertiary/aromatic N) is 2. The van der Waals surface area contributed by atoms with E-state index in [2.05, 4.69) is 23.7 Å². The van der Waals surface area contributed by atoms with Crippen LogP contribution in [0.25, 0.3) is 0 Å². The van der Waals surface area contributed by atoms with Crippen LogP contribution in [0.1, 0.15) is 29.8 Å². The van der Waals surface area contributed by atoms with Crippen LogP contribution in [0.2, 0.25) is 0 Å². The molecular weight excluding hydrogens is 290 g/mol. The van der Waals surface area contributed by atoms with Gasteiger partial charge in [0.05, 0.1) is 5.69 Å². The van der Waals surface area contributed by atoms with Crippen LogP contribution in [0.15, 0.2) is 47.5 Å². The number of hydrogen-bond acceptors (Lipinski definition) is 4. The fourth-order valence-corrected chi connectivity index (χ4v) is 2.31. The molecular formula is C18H21N3O2. The van der Waals surface area contributed by atoms with Crippen molar-refractivity contribution in [3.05, 3.63) is 53.6 Å². The molecule has 0 aromatic heterocycles. The molecule has 0 spiro atoms. The molecule has 0 aliphatic carbocycles. The largest absolute Gasteiger partial charge is 0.507 e. The third-order valence-electron chi connectivity index (χ3n) is 3.63. The number of rotatable bonds is 6. The highest BCUT2D eigenvalue weighted by atomic mass is 16.3. The number of nitrogens with two attached hydrogens (primary N) is 1. The maximum atomic E-state index is 11.2. The number of aliphatic imine (C=N–C) groups is 1. The molecule has 2 rings (SSSR count). The summed E-state index contributed by atoms with van der Waals surface area (Å²) < 4.78 is 0. The van der Waals surface area contributed by atoms with E-state index in [0.29, 0.717) is 16.8 Å². The van der Waals surface area contributed by atoms with E-state index in [1.54, 1.807) is 36.5 Å². The minimum atomic E-state index is -0.492. The van der Waals surface area contributed by atoms with Crippen molar-refractivity contribution in [3.63, 3.8) is 0 Å². The molecule has 0 saturated carbocycles. The number of phenols is 1. The van der Waals surface area contributed by atoms with Gasteiger partial charge in [-0.15, -0.1) is 0 Å². The van der Waals surface area contributed by atoms with Crippen molar-refractivity contribution >= 4 is 23.5 Å². The zero-order chi connectivity index (χ0) is 16.8. The van der Waals surface area contributed by atoms with Crippen molar-refractivity contribution in [2.75, 3.05) is 18.0 Å². The highest BCUT2D eigenvalue weighted by molar-refractivity contribution is 5.94. The van der Waals surface area contributed by atoms with Crippen LogP contribution in [-0.2, 0) is 0 Å². The topological polar surface area (TPSA) is 78.9 Å². The summed E-state index contributed by atoms with van der Waals surface area (Å²) in [5, 5.41) is 10.2. The van der Waals surface area contributed by atoms with E-state index >= 15 is 0 Å². The van der Waals surface area contributed by atoms with Crippen LogP contribution in [-0.4, -0.2) is 30.3 Å². The molecule has 0 aliphatic rings. The third-order valence-corrected chi connectivity index (χ3v) is 3.63. The first-order valence-corrected chi connectivity index (χ1v) is 7.57. The van der Waals surface area contributed by atoms with Crippen LogP contribution < -0.4 is 10.6 Å². The van der Waals surface area contributed by atoms with Gasteiger partial charge in [0, 0.05) is 42.2 Å². The number of primary amides is 1. The zero-order valence-corrected chi connectivity index (χ0v) is 13.4. The molecule has 0 fully saturated rings. The van der Waals surface area contributed by atoms with Gasteiger partial charge in [-0.1, -0.05) is 6.07 Å². The Bertz CT molecular complexity index is 722. The molecule has 2 aromatic rings. The van der Waals surface area contributed by atoms with E-state index in [1.165, 1.54) is 0 Å². The number of carbonyl (C=O) groups excluding carboxylic acids is 1. The molecule has 120 valence electrons. The molecule has 0 saturated heterocycles. The Hall–Kier alpha value is -2.82. The Morgan fingerprint density at radius 2 is 1.96 bits per heavy atom. The van der Waals surface area contributed by atoms with Gasteiger partial charge in [0.15, 0.2) is 0 Å². The van der Waals surface area contributed by atoms with Crippen molar-refractivity contribution in [1.82, 2.24) is 0 Å². The summed E-state index contributed by atoms with van der Waals surface area (Å²) in [7, 11) is 0. The number of carbonyl (C=O) groups is 1. The maximum Gasteiger partial charge on any atom is 0.248 e. The van der Waals surface area contributed by atoms with Crippen LogP contribution in [0.5, 0.6) is 5.75 Å². The second kappa shape index (κ2) is 7.45. The SMILES string of the molecule is CCN(CC)c1ccc(C=Nc2cccc(C(N)=O)c2)c(O)c1. The first kappa shape index (κ1) is 16.5. The average Bonchev–Trinajstić information content (AvgIpc) is 2.55. The molecule has 23 heavy (non-hydrogen) atoms. The molecule has 0 atom stereocenters. The molecule has 1 amide bonds. The second-order valence-corrected chi connectivity index (χ2v) is 5.09. The Morgan fingerprint density at radius 3 is 2.57 bits per heavy atom. The van der Waals surface area contributed by atoms with Crippen molar-refractivity contribution in [2.45, 2.75) is 13.8 Å². The molecule has 0 heterocycles. The van der Waals surface area contributed by atoms with E-state index in [-0.39, 0.29) is 5.75 Å². The molecule has 0 aliphatic heterocycles. The number of aromatic hydroxyl groups is 1. The minimum Gasteiger partial charge on any atom is -0.507 e. The lowest BCUT2D eigenvalue weighted by atomic mass is 10.1. The summed E-state index contributed by atoms with van der Waals surface area (Å²) in [5.41, 5.74) is 7.85. The van der Waals surface area contributed by atoms with Gasteiger partial charge in [-0.25, -0.2) is 0 Å². The molecule has 5 heteroatoms. The monoisotopic (exact) mass is 311 g/mol. The van der Waals surface area contributed by atoms with Crippen molar-refractivity contribution in [3.8, 4) is 5.75 Å². The van der Waals surface area contributed by atoms with Crippen molar-refractivity contribution < 1.29 is 9.90 Å². The smallest absolute Gasteiger partial charge is 0.248 e. The van der Waals surface area contributed by atoms with Gasteiger partial charge in [-0.2, -0.15) is 0 Å². The zero-order valence-electron chi connectivity index (χ0n) is 13.4. The molecule has 0 bridgehead atoms. The number of phenolic OH excluding ortho intramolecular Hbond substituents is 1. The number of amides is 1. The highest BCUT2D eigenvalue weighted by Crippen LogP contribution is 2.24. The van der Waals surface area contributed by atoms with Gasteiger partial charge < -0.3 is 15.7 Å². The Kier molecular flexibility index (Phi) is 5.36. The van der Waals surface area contributed by atoms with Gasteiger partial charge in [-0.3, -0.25) is 9.79 Å². The maximum absolute atomic E-state index is 11.2. The van der Waals surface area contributed by atoms with Crippen molar-refractivity contribution in [1.29, 1.82) is 0 Å². The summed E-state index contributed by atoms with van der Waals surface area (Å²) >= 11 is 0. The average molecular weight is 311 g/mol. The first-order valence-electron chi connectivity index (χ1n) is 7.57.